The van der Waals surface area contributed by atoms with Crippen LogP contribution in [0.3, 0.4) is 0 Å². The first-order valence-corrected chi connectivity index (χ1v) is 23.6. The molecule has 3 N–H and O–H groups in total. The maximum atomic E-state index is 12.6. The Bertz CT molecular complexity index is 1040. The summed E-state index contributed by atoms with van der Waals surface area (Å²) < 4.78 is 32.8. The van der Waals surface area contributed by atoms with Gasteiger partial charge in [-0.05, 0) is 77.0 Å². The number of nitrogens with two attached hydrogens (primary N) is 1. The Kier molecular flexibility index (Phi) is 40.1. The highest BCUT2D eigenvalue weighted by Crippen LogP contribution is 2.43. The lowest BCUT2D eigenvalue weighted by molar-refractivity contribution is -0.161. The number of phosphoric acid groups is 1. The lowest BCUT2D eigenvalue weighted by atomic mass is 10.1. The molecule has 10 heteroatoms. The van der Waals surface area contributed by atoms with Gasteiger partial charge in [-0.25, -0.2) is 4.57 Å². The van der Waals surface area contributed by atoms with Crippen LogP contribution >= 0.6 is 7.82 Å². The van der Waals surface area contributed by atoms with Crippen LogP contribution in [0.1, 0.15) is 194 Å². The average Bonchev–Trinajstić information content (AvgIpc) is 3.17. The van der Waals surface area contributed by atoms with Crippen LogP contribution in [0.4, 0.5) is 0 Å². The normalized spacial score (nSPS) is 13.7. The summed E-state index contributed by atoms with van der Waals surface area (Å²) >= 11 is 0. The Morgan fingerprint density at radius 3 is 1.45 bits per heavy atom. The molecule has 0 saturated heterocycles. The number of hydrogen-bond donors (Lipinski definition) is 2. The maximum Gasteiger partial charge on any atom is 0.472 e. The summed E-state index contributed by atoms with van der Waals surface area (Å²) in [7, 11) is -4.38. The molecule has 0 aromatic rings. The fourth-order valence-electron chi connectivity index (χ4n) is 5.87. The maximum absolute atomic E-state index is 12.6. The molecule has 2 atom stereocenters. The Hall–Kier alpha value is -2.03. The van der Waals surface area contributed by atoms with Gasteiger partial charge in [0.1, 0.15) is 6.61 Å². The van der Waals surface area contributed by atoms with Crippen LogP contribution in [0.5, 0.6) is 0 Å². The molecule has 320 valence electrons. The lowest BCUT2D eigenvalue weighted by Gasteiger charge is -2.19. The first-order valence-electron chi connectivity index (χ1n) is 22.1. The van der Waals surface area contributed by atoms with Crippen molar-refractivity contribution in [1.29, 1.82) is 0 Å². The molecule has 0 aliphatic carbocycles. The van der Waals surface area contributed by atoms with Crippen LogP contribution in [0.25, 0.3) is 0 Å². The number of unbranched alkanes of at least 4 members (excludes halogenated alkanes) is 20. The number of phosphoric ester groups is 1. The molecule has 0 aromatic carbocycles. The molecular formula is C45H82NO8P. The predicted octanol–water partition coefficient (Wildman–Crippen LogP) is 12.7. The van der Waals surface area contributed by atoms with Gasteiger partial charge < -0.3 is 20.1 Å². The van der Waals surface area contributed by atoms with E-state index in [1.165, 1.54) is 89.9 Å². The third kappa shape index (κ3) is 41.4. The Morgan fingerprint density at radius 1 is 0.545 bits per heavy atom. The van der Waals surface area contributed by atoms with E-state index in [1.54, 1.807) is 0 Å². The second-order valence-electron chi connectivity index (χ2n) is 14.6. The molecule has 0 heterocycles. The lowest BCUT2D eigenvalue weighted by Crippen LogP contribution is -2.29. The van der Waals surface area contributed by atoms with Crippen LogP contribution < -0.4 is 5.73 Å². The summed E-state index contributed by atoms with van der Waals surface area (Å²) in [6, 6.07) is 0. The van der Waals surface area contributed by atoms with Crippen LogP contribution in [-0.2, 0) is 32.7 Å². The van der Waals surface area contributed by atoms with Gasteiger partial charge in [-0.15, -0.1) is 0 Å². The standard InChI is InChI=1S/C45H82NO8P/c1-3-5-7-9-11-13-15-17-19-21-23-25-27-29-31-33-35-37-44(47)51-41-43(42-53-55(49,50)52-40-39-46)54-45(48)38-36-34-32-30-28-26-24-22-20-18-16-14-12-10-8-6-4-2/h11,13,17-20,23,25,43H,3-10,12,14-16,21-22,24,26-42,46H2,1-2H3,(H,49,50)/b13-11+,19-17+,20-18+,25-23+/t43-/m1/s1. The summed E-state index contributed by atoms with van der Waals surface area (Å²) in [5, 5.41) is 0. The van der Waals surface area contributed by atoms with Crippen LogP contribution in [0, 0.1) is 0 Å². The zero-order valence-electron chi connectivity index (χ0n) is 35.2. The van der Waals surface area contributed by atoms with Crippen LogP contribution in [-0.4, -0.2) is 49.3 Å². The number of hydrogen-bond acceptors (Lipinski definition) is 8. The van der Waals surface area contributed by atoms with E-state index >= 15 is 0 Å². The molecule has 0 aromatic heterocycles. The SMILES string of the molecule is CCCCC/C=C/C/C=C/C/C=C/CCCCCCC(=O)OC[C@H](COP(=O)(O)OCCN)OC(=O)CCCCCCCCC/C=C/CCCCCCCC. The first kappa shape index (κ1) is 53.0. The number of esters is 2. The highest BCUT2D eigenvalue weighted by Gasteiger charge is 2.26. The minimum atomic E-state index is -4.38. The predicted molar refractivity (Wildman–Crippen MR) is 229 cm³/mol. The van der Waals surface area contributed by atoms with Gasteiger partial charge in [-0.2, -0.15) is 0 Å². The number of carbonyl (C=O) groups excluding carboxylic acids is 2. The van der Waals surface area contributed by atoms with E-state index in [-0.39, 0.29) is 32.6 Å². The van der Waals surface area contributed by atoms with Crippen molar-refractivity contribution in [2.24, 2.45) is 5.73 Å². The van der Waals surface area contributed by atoms with Crippen molar-refractivity contribution in [3.05, 3.63) is 48.6 Å². The molecule has 0 fully saturated rings. The van der Waals surface area contributed by atoms with Gasteiger partial charge in [0.25, 0.3) is 0 Å². The van der Waals surface area contributed by atoms with Crippen molar-refractivity contribution in [2.75, 3.05) is 26.4 Å². The van der Waals surface area contributed by atoms with Crippen molar-refractivity contribution >= 4 is 19.8 Å². The average molecular weight is 796 g/mol. The Balaban J connectivity index is 4.19. The van der Waals surface area contributed by atoms with E-state index in [9.17, 15) is 19.0 Å². The molecule has 0 amide bonds. The van der Waals surface area contributed by atoms with Crippen molar-refractivity contribution in [3.63, 3.8) is 0 Å². The minimum absolute atomic E-state index is 0.0481. The van der Waals surface area contributed by atoms with Crippen molar-refractivity contribution in [3.8, 4) is 0 Å². The van der Waals surface area contributed by atoms with Crippen molar-refractivity contribution < 1.29 is 37.6 Å². The monoisotopic (exact) mass is 796 g/mol. The van der Waals surface area contributed by atoms with E-state index in [4.69, 9.17) is 24.3 Å². The third-order valence-electron chi connectivity index (χ3n) is 9.19. The second-order valence-corrected chi connectivity index (χ2v) is 16.0. The zero-order valence-corrected chi connectivity index (χ0v) is 36.0. The number of rotatable bonds is 41. The van der Waals surface area contributed by atoms with E-state index in [0.717, 1.165) is 64.2 Å². The number of carbonyl (C=O) groups is 2. The van der Waals surface area contributed by atoms with Gasteiger partial charge in [0.2, 0.25) is 0 Å². The quantitative estimate of drug-likeness (QED) is 0.0268. The smallest absolute Gasteiger partial charge is 0.462 e. The number of allylic oxidation sites excluding steroid dienone is 8. The van der Waals surface area contributed by atoms with Gasteiger partial charge in [0.05, 0.1) is 13.2 Å². The first-order chi connectivity index (χ1) is 26.8. The second kappa shape index (κ2) is 41.6. The molecule has 0 spiro atoms. The molecule has 0 radical (unpaired) electrons. The van der Waals surface area contributed by atoms with Gasteiger partial charge in [0, 0.05) is 19.4 Å². The summed E-state index contributed by atoms with van der Waals surface area (Å²) in [5.41, 5.74) is 5.35. The fraction of sp³-hybridized carbons (Fsp3) is 0.778. The molecule has 1 unspecified atom stereocenters. The molecule has 0 aliphatic rings. The molecule has 0 bridgehead atoms. The molecule has 9 nitrogen and oxygen atoms in total. The molecular weight excluding hydrogens is 713 g/mol. The van der Waals surface area contributed by atoms with Gasteiger partial charge >= 0.3 is 19.8 Å². The highest BCUT2D eigenvalue weighted by atomic mass is 31.2. The number of ether oxygens (including phenoxy) is 2. The summed E-state index contributed by atoms with van der Waals surface area (Å²) in [5.74, 6) is -0.859. The molecule has 0 rings (SSSR count). The van der Waals surface area contributed by atoms with Crippen molar-refractivity contribution in [1.82, 2.24) is 0 Å². The Morgan fingerprint density at radius 2 is 0.945 bits per heavy atom. The third-order valence-corrected chi connectivity index (χ3v) is 10.2. The Labute approximate surface area is 336 Å². The van der Waals surface area contributed by atoms with E-state index in [0.29, 0.717) is 12.8 Å². The molecule has 0 aliphatic heterocycles. The van der Waals surface area contributed by atoms with Crippen molar-refractivity contribution in [2.45, 2.75) is 200 Å². The zero-order chi connectivity index (χ0) is 40.3. The largest absolute Gasteiger partial charge is 0.472 e. The van der Waals surface area contributed by atoms with Gasteiger partial charge in [-0.1, -0.05) is 152 Å². The van der Waals surface area contributed by atoms with E-state index in [1.807, 2.05) is 0 Å². The fourth-order valence-corrected chi connectivity index (χ4v) is 6.64. The summed E-state index contributed by atoms with van der Waals surface area (Å²) in [4.78, 5) is 34.9. The topological polar surface area (TPSA) is 134 Å². The van der Waals surface area contributed by atoms with Gasteiger partial charge in [0.15, 0.2) is 6.10 Å². The minimum Gasteiger partial charge on any atom is -0.462 e. The van der Waals surface area contributed by atoms with Crippen LogP contribution in [0.15, 0.2) is 48.6 Å². The molecule has 0 saturated carbocycles. The highest BCUT2D eigenvalue weighted by molar-refractivity contribution is 7.47. The summed E-state index contributed by atoms with van der Waals surface area (Å²) in [6.45, 7) is 3.67. The van der Waals surface area contributed by atoms with E-state index < -0.39 is 32.5 Å². The van der Waals surface area contributed by atoms with Crippen LogP contribution in [0.2, 0.25) is 0 Å². The van der Waals surface area contributed by atoms with Gasteiger partial charge in [-0.3, -0.25) is 18.6 Å². The van der Waals surface area contributed by atoms with E-state index in [2.05, 4.69) is 62.5 Å². The molecule has 55 heavy (non-hydrogen) atoms. The summed E-state index contributed by atoms with van der Waals surface area (Å²) in [6.07, 6.45) is 47.0.